The highest BCUT2D eigenvalue weighted by molar-refractivity contribution is 5.76. The van der Waals surface area contributed by atoms with Crippen LogP contribution in [0.3, 0.4) is 0 Å². The van der Waals surface area contributed by atoms with Crippen LogP contribution < -0.4 is 5.32 Å². The van der Waals surface area contributed by atoms with E-state index in [4.69, 9.17) is 18.9 Å². The fraction of sp³-hybridized carbons (Fsp3) is 0.902. The van der Waals surface area contributed by atoms with E-state index in [1.54, 1.807) is 6.08 Å². The Morgan fingerprint density at radius 3 is 1.51 bits per heavy atom. The monoisotopic (exact) mass is 930 g/mol. The van der Waals surface area contributed by atoms with E-state index in [1.165, 1.54) is 128 Å². The Hall–Kier alpha value is -1.53. The summed E-state index contributed by atoms with van der Waals surface area (Å²) in [5.41, 5.74) is 0. The lowest BCUT2D eigenvalue weighted by Crippen LogP contribution is -2.65. The number of rotatable bonds is 40. The molecular formula is C51H95NO13. The first-order chi connectivity index (χ1) is 31.6. The number of carbonyl (C=O) groups excluding carboxylic acids is 1. The first-order valence-corrected chi connectivity index (χ1v) is 26.1. The van der Waals surface area contributed by atoms with Gasteiger partial charge in [-0.3, -0.25) is 4.79 Å². The third-order valence-electron chi connectivity index (χ3n) is 12.9. The Labute approximate surface area is 392 Å². The van der Waals surface area contributed by atoms with Gasteiger partial charge in [0.05, 0.1) is 32.0 Å². The molecule has 0 aromatic heterocycles. The summed E-state index contributed by atoms with van der Waals surface area (Å²) in [6.07, 6.45) is 25.3. The van der Waals surface area contributed by atoms with E-state index in [9.17, 15) is 45.6 Å². The lowest BCUT2D eigenvalue weighted by molar-refractivity contribution is -0.359. The topological polar surface area (TPSA) is 228 Å². The molecule has 12 atom stereocenters. The predicted molar refractivity (Wildman–Crippen MR) is 254 cm³/mol. The van der Waals surface area contributed by atoms with Crippen LogP contribution >= 0.6 is 0 Å². The second-order valence-corrected chi connectivity index (χ2v) is 18.6. The van der Waals surface area contributed by atoms with Crippen molar-refractivity contribution in [3.63, 3.8) is 0 Å². The van der Waals surface area contributed by atoms with Gasteiger partial charge < -0.3 is 65.1 Å². The normalized spacial score (nSPS) is 27.2. The van der Waals surface area contributed by atoms with Gasteiger partial charge in [-0.2, -0.15) is 0 Å². The smallest absolute Gasteiger partial charge is 0.220 e. The summed E-state index contributed by atoms with van der Waals surface area (Å²) in [4.78, 5) is 13.1. The van der Waals surface area contributed by atoms with Gasteiger partial charge in [-0.15, -0.1) is 0 Å². The lowest BCUT2D eigenvalue weighted by Gasteiger charge is -2.46. The highest BCUT2D eigenvalue weighted by Crippen LogP contribution is 2.30. The van der Waals surface area contributed by atoms with Crippen LogP contribution in [0.15, 0.2) is 24.3 Å². The quantitative estimate of drug-likeness (QED) is 0.0225. The minimum absolute atomic E-state index is 0.249. The molecule has 0 bridgehead atoms. The minimum Gasteiger partial charge on any atom is -0.394 e. The molecule has 2 rings (SSSR count). The molecule has 0 radical (unpaired) electrons. The van der Waals surface area contributed by atoms with Crippen molar-refractivity contribution in [2.75, 3.05) is 19.8 Å². The van der Waals surface area contributed by atoms with E-state index in [2.05, 4.69) is 31.3 Å². The molecule has 0 aliphatic carbocycles. The summed E-state index contributed by atoms with van der Waals surface area (Å²) in [6.45, 7) is 2.72. The van der Waals surface area contributed by atoms with Gasteiger partial charge in [0.25, 0.3) is 0 Å². The van der Waals surface area contributed by atoms with E-state index in [0.29, 0.717) is 12.8 Å². The summed E-state index contributed by atoms with van der Waals surface area (Å²) in [7, 11) is 0. The van der Waals surface area contributed by atoms with Crippen molar-refractivity contribution in [3.05, 3.63) is 24.3 Å². The molecule has 0 saturated carbocycles. The van der Waals surface area contributed by atoms with Crippen LogP contribution in [0.2, 0.25) is 0 Å². The van der Waals surface area contributed by atoms with Gasteiger partial charge in [0, 0.05) is 6.42 Å². The fourth-order valence-corrected chi connectivity index (χ4v) is 8.60. The van der Waals surface area contributed by atoms with Gasteiger partial charge in [0.1, 0.15) is 48.8 Å². The van der Waals surface area contributed by atoms with Gasteiger partial charge >= 0.3 is 0 Å². The highest BCUT2D eigenvalue weighted by atomic mass is 16.7. The molecule has 2 fully saturated rings. The fourth-order valence-electron chi connectivity index (χ4n) is 8.60. The number of aliphatic hydroxyl groups is 8. The maximum atomic E-state index is 13.1. The van der Waals surface area contributed by atoms with Crippen LogP contribution in [0.5, 0.6) is 0 Å². The van der Waals surface area contributed by atoms with E-state index in [-0.39, 0.29) is 18.9 Å². The van der Waals surface area contributed by atoms with Crippen molar-refractivity contribution in [2.24, 2.45) is 0 Å². The van der Waals surface area contributed by atoms with Crippen molar-refractivity contribution in [1.82, 2.24) is 5.32 Å². The molecule has 65 heavy (non-hydrogen) atoms. The Bertz CT molecular complexity index is 1190. The van der Waals surface area contributed by atoms with Gasteiger partial charge in [-0.05, 0) is 32.1 Å². The number of ether oxygens (including phenoxy) is 4. The zero-order valence-electron chi connectivity index (χ0n) is 40.5. The molecule has 9 N–H and O–H groups in total. The molecule has 1 amide bonds. The maximum absolute atomic E-state index is 13.1. The first kappa shape index (κ1) is 59.6. The van der Waals surface area contributed by atoms with Crippen LogP contribution in [0.25, 0.3) is 0 Å². The van der Waals surface area contributed by atoms with Crippen LogP contribution in [0.4, 0.5) is 0 Å². The first-order valence-electron chi connectivity index (χ1n) is 26.1. The van der Waals surface area contributed by atoms with Crippen molar-refractivity contribution < 1.29 is 64.6 Å². The molecule has 0 spiro atoms. The number of hydrogen-bond acceptors (Lipinski definition) is 13. The number of nitrogens with one attached hydrogen (secondary N) is 1. The summed E-state index contributed by atoms with van der Waals surface area (Å²) in [6, 6.07) is -0.924. The molecule has 0 aromatic carbocycles. The molecule has 2 aliphatic rings. The molecular weight excluding hydrogens is 835 g/mol. The second-order valence-electron chi connectivity index (χ2n) is 18.6. The summed E-state index contributed by atoms with van der Waals surface area (Å²) in [5.74, 6) is -0.249. The van der Waals surface area contributed by atoms with E-state index < -0.39 is 86.8 Å². The second kappa shape index (κ2) is 38.3. The number of allylic oxidation sites excluding steroid dienone is 3. The van der Waals surface area contributed by atoms with Crippen LogP contribution in [0.1, 0.15) is 200 Å². The lowest BCUT2D eigenvalue weighted by atomic mass is 9.97. The molecule has 14 nitrogen and oxygen atoms in total. The van der Waals surface area contributed by atoms with Crippen molar-refractivity contribution in [1.29, 1.82) is 0 Å². The molecule has 382 valence electrons. The average molecular weight is 930 g/mol. The molecule has 0 aromatic rings. The molecule has 2 saturated heterocycles. The molecule has 2 heterocycles. The van der Waals surface area contributed by atoms with Crippen molar-refractivity contribution >= 4 is 5.91 Å². The number of carbonyl (C=O) groups is 1. The Kier molecular flexibility index (Phi) is 35.1. The standard InChI is InChI=1S/C51H95NO13/c1-3-5-7-9-11-13-14-15-16-17-18-19-20-21-22-23-24-25-27-29-31-33-35-43(56)52-39(40(55)34-32-30-28-26-12-10-8-6-4-2)38-62-50-48(61)46(59)49(42(37-54)64-50)65-51-47(60)45(58)44(57)41(36-53)63-51/h12,26,32,34,39-42,44-51,53-55,57-61H,3-11,13-25,27-31,33,35-38H2,1-2H3,(H,52,56)/b26-12+,34-32+. The van der Waals surface area contributed by atoms with Crippen molar-refractivity contribution in [2.45, 2.75) is 274 Å². The Balaban J connectivity index is 1.75. The minimum atomic E-state index is -1.79. The third-order valence-corrected chi connectivity index (χ3v) is 12.9. The number of hydrogen-bond donors (Lipinski definition) is 9. The molecule has 12 unspecified atom stereocenters. The third kappa shape index (κ3) is 25.6. The van der Waals surface area contributed by atoms with Gasteiger partial charge in [-0.25, -0.2) is 0 Å². The van der Waals surface area contributed by atoms with Gasteiger partial charge in [-0.1, -0.05) is 186 Å². The Morgan fingerprint density at radius 2 is 0.985 bits per heavy atom. The van der Waals surface area contributed by atoms with E-state index in [0.717, 1.165) is 38.5 Å². The Morgan fingerprint density at radius 1 is 0.538 bits per heavy atom. The van der Waals surface area contributed by atoms with E-state index >= 15 is 0 Å². The van der Waals surface area contributed by atoms with Crippen LogP contribution in [0, 0.1) is 0 Å². The number of aliphatic hydroxyl groups excluding tert-OH is 8. The highest BCUT2D eigenvalue weighted by Gasteiger charge is 2.51. The van der Waals surface area contributed by atoms with Crippen LogP contribution in [-0.2, 0) is 23.7 Å². The summed E-state index contributed by atoms with van der Waals surface area (Å²) in [5, 5.41) is 86.5. The zero-order chi connectivity index (χ0) is 47.5. The number of unbranched alkanes of at least 4 members (excludes halogenated alkanes) is 25. The maximum Gasteiger partial charge on any atom is 0.220 e. The van der Waals surface area contributed by atoms with Crippen molar-refractivity contribution in [3.8, 4) is 0 Å². The SMILES string of the molecule is CCCCC/C=C/CC/C=C/C(O)C(COC1OC(CO)C(OC2OC(CO)C(O)C(O)C2O)C(O)C1O)NC(=O)CCCCCCCCCCCCCCCCCCCCCCCC. The number of amides is 1. The summed E-state index contributed by atoms with van der Waals surface area (Å²) >= 11 is 0. The average Bonchev–Trinajstić information content (AvgIpc) is 3.30. The molecule has 2 aliphatic heterocycles. The predicted octanol–water partition coefficient (Wildman–Crippen LogP) is 6.94. The van der Waals surface area contributed by atoms with E-state index in [1.807, 2.05) is 6.08 Å². The summed E-state index contributed by atoms with van der Waals surface area (Å²) < 4.78 is 22.6. The van der Waals surface area contributed by atoms with Gasteiger partial charge in [0.2, 0.25) is 5.91 Å². The molecule has 14 heteroatoms. The largest absolute Gasteiger partial charge is 0.394 e. The zero-order valence-corrected chi connectivity index (χ0v) is 40.5. The van der Waals surface area contributed by atoms with Crippen LogP contribution in [-0.4, -0.2) is 140 Å². The van der Waals surface area contributed by atoms with Gasteiger partial charge in [0.15, 0.2) is 12.6 Å².